The van der Waals surface area contributed by atoms with E-state index in [1.807, 2.05) is 33.0 Å². The summed E-state index contributed by atoms with van der Waals surface area (Å²) >= 11 is 0. The van der Waals surface area contributed by atoms with E-state index < -0.39 is 0 Å². The van der Waals surface area contributed by atoms with Crippen LogP contribution in [0.25, 0.3) is 11.1 Å². The number of nitrogen functional groups attached to an aromatic ring is 1. The fourth-order valence-corrected chi connectivity index (χ4v) is 2.01. The van der Waals surface area contributed by atoms with Crippen molar-refractivity contribution in [2.45, 2.75) is 13.8 Å². The Morgan fingerprint density at radius 1 is 1.26 bits per heavy atom. The van der Waals surface area contributed by atoms with Crippen LogP contribution in [0.1, 0.15) is 12.5 Å². The van der Waals surface area contributed by atoms with Crippen LogP contribution in [0.2, 0.25) is 0 Å². The summed E-state index contributed by atoms with van der Waals surface area (Å²) in [6.07, 6.45) is 1.73. The summed E-state index contributed by atoms with van der Waals surface area (Å²) in [7, 11) is 3.45. The van der Waals surface area contributed by atoms with Crippen molar-refractivity contribution < 1.29 is 9.47 Å². The summed E-state index contributed by atoms with van der Waals surface area (Å²) < 4.78 is 12.7. The zero-order valence-electron chi connectivity index (χ0n) is 11.7. The van der Waals surface area contributed by atoms with Crippen LogP contribution in [0.15, 0.2) is 18.3 Å². The molecule has 2 N–H and O–H groups in total. The molecule has 0 aliphatic heterocycles. The van der Waals surface area contributed by atoms with Gasteiger partial charge in [-0.3, -0.25) is 4.68 Å². The zero-order chi connectivity index (χ0) is 14.0. The first-order chi connectivity index (χ1) is 9.08. The minimum atomic E-state index is 0.601. The lowest BCUT2D eigenvalue weighted by Gasteiger charge is -2.13. The first kappa shape index (κ1) is 13.3. The number of benzene rings is 1. The van der Waals surface area contributed by atoms with Gasteiger partial charge in [0.25, 0.3) is 0 Å². The number of anilines is 1. The van der Waals surface area contributed by atoms with E-state index in [4.69, 9.17) is 15.2 Å². The standard InChI is InChI=1S/C14H19N3O2/c1-5-19-12-7-10(13(18-4)6-9(12)2)11-8-16-17(3)14(11)15/h6-8H,5,15H2,1-4H3. The first-order valence-corrected chi connectivity index (χ1v) is 6.17. The van der Waals surface area contributed by atoms with Crippen molar-refractivity contribution in [2.24, 2.45) is 7.05 Å². The van der Waals surface area contributed by atoms with Gasteiger partial charge in [-0.25, -0.2) is 0 Å². The van der Waals surface area contributed by atoms with Crippen molar-refractivity contribution in [1.29, 1.82) is 0 Å². The van der Waals surface area contributed by atoms with E-state index in [9.17, 15) is 0 Å². The maximum absolute atomic E-state index is 6.02. The Morgan fingerprint density at radius 2 is 2.00 bits per heavy atom. The third-order valence-electron chi connectivity index (χ3n) is 3.07. The van der Waals surface area contributed by atoms with Gasteiger partial charge in [-0.2, -0.15) is 5.10 Å². The van der Waals surface area contributed by atoms with Crippen molar-refractivity contribution in [3.63, 3.8) is 0 Å². The van der Waals surface area contributed by atoms with E-state index >= 15 is 0 Å². The molecule has 0 radical (unpaired) electrons. The lowest BCUT2D eigenvalue weighted by atomic mass is 10.0. The molecule has 0 fully saturated rings. The molecule has 0 aliphatic carbocycles. The minimum absolute atomic E-state index is 0.601. The van der Waals surface area contributed by atoms with Crippen molar-refractivity contribution in [3.05, 3.63) is 23.9 Å². The van der Waals surface area contributed by atoms with Crippen LogP contribution in [0.5, 0.6) is 11.5 Å². The van der Waals surface area contributed by atoms with Crippen LogP contribution in [0, 0.1) is 6.92 Å². The number of hydrogen-bond acceptors (Lipinski definition) is 4. The summed E-state index contributed by atoms with van der Waals surface area (Å²) in [6.45, 7) is 4.57. The topological polar surface area (TPSA) is 62.3 Å². The molecule has 2 rings (SSSR count). The molecule has 1 aromatic heterocycles. The van der Waals surface area contributed by atoms with Gasteiger partial charge in [0, 0.05) is 18.2 Å². The number of aromatic nitrogens is 2. The number of aryl methyl sites for hydroxylation is 2. The molecule has 0 atom stereocenters. The monoisotopic (exact) mass is 261 g/mol. The number of nitrogens with two attached hydrogens (primary N) is 1. The van der Waals surface area contributed by atoms with E-state index in [1.165, 1.54) is 0 Å². The molecular weight excluding hydrogens is 242 g/mol. The van der Waals surface area contributed by atoms with Gasteiger partial charge < -0.3 is 15.2 Å². The van der Waals surface area contributed by atoms with Gasteiger partial charge in [-0.1, -0.05) is 0 Å². The number of methoxy groups -OCH3 is 1. The fourth-order valence-electron chi connectivity index (χ4n) is 2.01. The second kappa shape index (κ2) is 5.22. The van der Waals surface area contributed by atoms with Gasteiger partial charge in [0.05, 0.1) is 19.9 Å². The van der Waals surface area contributed by atoms with Crippen LogP contribution >= 0.6 is 0 Å². The highest BCUT2D eigenvalue weighted by atomic mass is 16.5. The second-order valence-corrected chi connectivity index (χ2v) is 4.32. The molecule has 5 nitrogen and oxygen atoms in total. The zero-order valence-corrected chi connectivity index (χ0v) is 11.7. The Kier molecular flexibility index (Phi) is 3.64. The number of rotatable bonds is 4. The van der Waals surface area contributed by atoms with Crippen molar-refractivity contribution in [3.8, 4) is 22.6 Å². The Hall–Kier alpha value is -2.17. The Balaban J connectivity index is 2.60. The SMILES string of the molecule is CCOc1cc(-c2cnn(C)c2N)c(OC)cc1C. The molecule has 0 spiro atoms. The molecule has 19 heavy (non-hydrogen) atoms. The van der Waals surface area contributed by atoms with E-state index in [0.29, 0.717) is 12.4 Å². The van der Waals surface area contributed by atoms with Gasteiger partial charge in [0.2, 0.25) is 0 Å². The molecule has 0 aliphatic rings. The Bertz CT molecular complexity index is 591. The molecule has 1 aromatic carbocycles. The van der Waals surface area contributed by atoms with Gasteiger partial charge in [0.15, 0.2) is 0 Å². The average Bonchev–Trinajstić information content (AvgIpc) is 2.72. The van der Waals surface area contributed by atoms with Gasteiger partial charge in [0.1, 0.15) is 17.3 Å². The maximum Gasteiger partial charge on any atom is 0.129 e. The highest BCUT2D eigenvalue weighted by Gasteiger charge is 2.15. The summed E-state index contributed by atoms with van der Waals surface area (Å²) in [5, 5.41) is 4.16. The van der Waals surface area contributed by atoms with Crippen LogP contribution in [-0.2, 0) is 7.05 Å². The Labute approximate surface area is 112 Å². The van der Waals surface area contributed by atoms with Gasteiger partial charge in [-0.15, -0.1) is 0 Å². The summed E-state index contributed by atoms with van der Waals surface area (Å²) in [6, 6.07) is 3.90. The molecule has 0 saturated carbocycles. The van der Waals surface area contributed by atoms with Crippen LogP contribution in [0.3, 0.4) is 0 Å². The lowest BCUT2D eigenvalue weighted by Crippen LogP contribution is -2.00. The van der Waals surface area contributed by atoms with Crippen molar-refractivity contribution in [1.82, 2.24) is 9.78 Å². The second-order valence-electron chi connectivity index (χ2n) is 4.32. The van der Waals surface area contributed by atoms with Crippen molar-refractivity contribution in [2.75, 3.05) is 19.5 Å². The third-order valence-corrected chi connectivity index (χ3v) is 3.07. The largest absolute Gasteiger partial charge is 0.496 e. The smallest absolute Gasteiger partial charge is 0.129 e. The highest BCUT2D eigenvalue weighted by molar-refractivity contribution is 5.80. The molecule has 102 valence electrons. The molecule has 0 bridgehead atoms. The summed E-state index contributed by atoms with van der Waals surface area (Å²) in [5.74, 6) is 2.20. The molecule has 0 unspecified atom stereocenters. The predicted molar refractivity (Wildman–Crippen MR) is 75.5 cm³/mol. The highest BCUT2D eigenvalue weighted by Crippen LogP contribution is 2.38. The average molecular weight is 261 g/mol. The molecule has 0 amide bonds. The predicted octanol–water partition coefficient (Wildman–Crippen LogP) is 2.39. The van der Waals surface area contributed by atoms with Crippen LogP contribution in [0.4, 0.5) is 5.82 Å². The quantitative estimate of drug-likeness (QED) is 0.918. The molecule has 0 saturated heterocycles. The van der Waals surface area contributed by atoms with E-state index in [-0.39, 0.29) is 0 Å². The minimum Gasteiger partial charge on any atom is -0.496 e. The summed E-state index contributed by atoms with van der Waals surface area (Å²) in [4.78, 5) is 0. The molecule has 5 heteroatoms. The third kappa shape index (κ3) is 2.36. The number of hydrogen-bond donors (Lipinski definition) is 1. The van der Waals surface area contributed by atoms with Crippen LogP contribution in [-0.4, -0.2) is 23.5 Å². The lowest BCUT2D eigenvalue weighted by molar-refractivity contribution is 0.337. The maximum atomic E-state index is 6.02. The summed E-state index contributed by atoms with van der Waals surface area (Å²) in [5.41, 5.74) is 8.80. The molecule has 1 heterocycles. The molecular formula is C14H19N3O2. The number of ether oxygens (including phenoxy) is 2. The number of nitrogens with zero attached hydrogens (tertiary/aromatic N) is 2. The van der Waals surface area contributed by atoms with E-state index in [1.54, 1.807) is 18.0 Å². The first-order valence-electron chi connectivity index (χ1n) is 6.17. The van der Waals surface area contributed by atoms with Crippen LogP contribution < -0.4 is 15.2 Å². The normalized spacial score (nSPS) is 10.5. The van der Waals surface area contributed by atoms with Gasteiger partial charge >= 0.3 is 0 Å². The van der Waals surface area contributed by atoms with Crippen molar-refractivity contribution >= 4 is 5.82 Å². The fraction of sp³-hybridized carbons (Fsp3) is 0.357. The van der Waals surface area contributed by atoms with Gasteiger partial charge in [-0.05, 0) is 31.5 Å². The van der Waals surface area contributed by atoms with E-state index in [0.717, 1.165) is 28.2 Å². The van der Waals surface area contributed by atoms with E-state index in [2.05, 4.69) is 5.10 Å². The Morgan fingerprint density at radius 3 is 2.53 bits per heavy atom. The molecule has 2 aromatic rings.